The molecule has 0 radical (unpaired) electrons. The van der Waals surface area contributed by atoms with Gasteiger partial charge in [-0.25, -0.2) is 0 Å². The Hall–Kier alpha value is -1.94. The Balaban J connectivity index is 2.09. The monoisotopic (exact) mass is 258 g/mol. The van der Waals surface area contributed by atoms with Gasteiger partial charge in [-0.15, -0.1) is 0 Å². The number of carbonyl (C=O) groups excluding carboxylic acids is 1. The van der Waals surface area contributed by atoms with Crippen LogP contribution in [-0.4, -0.2) is 28.6 Å². The van der Waals surface area contributed by atoms with Gasteiger partial charge in [-0.1, -0.05) is 25.1 Å². The maximum absolute atomic E-state index is 12.1. The van der Waals surface area contributed by atoms with Crippen molar-refractivity contribution >= 4 is 16.8 Å². The van der Waals surface area contributed by atoms with E-state index in [1.807, 2.05) is 31.2 Å². The number of aromatic nitrogens is 1. The van der Waals surface area contributed by atoms with Crippen molar-refractivity contribution in [2.75, 3.05) is 6.54 Å². The van der Waals surface area contributed by atoms with Gasteiger partial charge in [0.2, 0.25) is 0 Å². The number of aliphatic hydroxyl groups excluding tert-OH is 1. The number of rotatable bonds is 5. The lowest BCUT2D eigenvalue weighted by Gasteiger charge is -2.10. The molecule has 0 fully saturated rings. The molecule has 2 aromatic rings. The third-order valence-corrected chi connectivity index (χ3v) is 3.13. The molecule has 0 aliphatic rings. The van der Waals surface area contributed by atoms with Crippen molar-refractivity contribution in [2.45, 2.75) is 25.9 Å². The first-order valence-electron chi connectivity index (χ1n) is 6.52. The maximum atomic E-state index is 12.1. The fraction of sp³-hybridized carbons (Fsp3) is 0.333. The van der Waals surface area contributed by atoms with Crippen LogP contribution in [0.5, 0.6) is 0 Å². The Morgan fingerprint density at radius 2 is 2.16 bits per heavy atom. The first-order chi connectivity index (χ1) is 9.22. The van der Waals surface area contributed by atoms with Gasteiger partial charge in [-0.2, -0.15) is 0 Å². The first kappa shape index (κ1) is 13.5. The van der Waals surface area contributed by atoms with Gasteiger partial charge in [0.25, 0.3) is 5.91 Å². The second-order valence-electron chi connectivity index (χ2n) is 4.48. The van der Waals surface area contributed by atoms with Gasteiger partial charge in [0.15, 0.2) is 0 Å². The zero-order chi connectivity index (χ0) is 13.7. The average Bonchev–Trinajstić information content (AvgIpc) is 2.46. The van der Waals surface area contributed by atoms with Gasteiger partial charge >= 0.3 is 0 Å². The highest BCUT2D eigenvalue weighted by molar-refractivity contribution is 6.05. The van der Waals surface area contributed by atoms with Crippen molar-refractivity contribution in [3.05, 3.63) is 42.1 Å². The lowest BCUT2D eigenvalue weighted by atomic mass is 10.1. The molecule has 19 heavy (non-hydrogen) atoms. The molecule has 0 aliphatic heterocycles. The molecule has 0 aliphatic carbocycles. The average molecular weight is 258 g/mol. The Morgan fingerprint density at radius 3 is 2.95 bits per heavy atom. The van der Waals surface area contributed by atoms with E-state index >= 15 is 0 Å². The van der Waals surface area contributed by atoms with Gasteiger partial charge in [0.1, 0.15) is 0 Å². The summed E-state index contributed by atoms with van der Waals surface area (Å²) in [6, 6.07) is 9.27. The molecule has 2 N–H and O–H groups in total. The van der Waals surface area contributed by atoms with Crippen LogP contribution < -0.4 is 5.32 Å². The van der Waals surface area contributed by atoms with E-state index in [2.05, 4.69) is 10.3 Å². The molecule has 0 saturated carbocycles. The number of benzene rings is 1. The number of carbonyl (C=O) groups is 1. The van der Waals surface area contributed by atoms with Crippen molar-refractivity contribution in [1.29, 1.82) is 0 Å². The lowest BCUT2D eigenvalue weighted by molar-refractivity contribution is 0.0943. The SMILES string of the molecule is CCC(O)CCNC(=O)c1ccnc2ccccc12. The molecule has 0 spiro atoms. The first-order valence-corrected chi connectivity index (χ1v) is 6.52. The molecule has 1 aromatic carbocycles. The summed E-state index contributed by atoms with van der Waals surface area (Å²) in [6.45, 7) is 2.40. The molecule has 1 aromatic heterocycles. The van der Waals surface area contributed by atoms with Crippen molar-refractivity contribution in [3.8, 4) is 0 Å². The number of para-hydroxylation sites is 1. The van der Waals surface area contributed by atoms with Crippen LogP contribution in [0.3, 0.4) is 0 Å². The normalized spacial score (nSPS) is 12.3. The quantitative estimate of drug-likeness (QED) is 0.863. The van der Waals surface area contributed by atoms with E-state index in [1.54, 1.807) is 12.3 Å². The molecule has 100 valence electrons. The van der Waals surface area contributed by atoms with Crippen LogP contribution in [0.15, 0.2) is 36.5 Å². The molecular formula is C15H18N2O2. The van der Waals surface area contributed by atoms with Crippen LogP contribution in [0.4, 0.5) is 0 Å². The number of hydrogen-bond donors (Lipinski definition) is 2. The number of pyridine rings is 1. The Labute approximate surface area is 112 Å². The molecule has 4 nitrogen and oxygen atoms in total. The number of aliphatic hydroxyl groups is 1. The van der Waals surface area contributed by atoms with Crippen molar-refractivity contribution in [1.82, 2.24) is 10.3 Å². The number of fused-ring (bicyclic) bond motifs is 1. The van der Waals surface area contributed by atoms with Crippen LogP contribution in [0.2, 0.25) is 0 Å². The van der Waals surface area contributed by atoms with E-state index in [9.17, 15) is 9.90 Å². The van der Waals surface area contributed by atoms with Crippen molar-refractivity contribution in [3.63, 3.8) is 0 Å². The molecular weight excluding hydrogens is 240 g/mol. The fourth-order valence-corrected chi connectivity index (χ4v) is 1.95. The Kier molecular flexibility index (Phi) is 4.47. The molecule has 0 bridgehead atoms. The second-order valence-corrected chi connectivity index (χ2v) is 4.48. The van der Waals surface area contributed by atoms with Gasteiger partial charge in [0.05, 0.1) is 17.2 Å². The minimum Gasteiger partial charge on any atom is -0.393 e. The molecule has 2 rings (SSSR count). The third-order valence-electron chi connectivity index (χ3n) is 3.13. The Morgan fingerprint density at radius 1 is 1.37 bits per heavy atom. The van der Waals surface area contributed by atoms with Gasteiger partial charge in [0, 0.05) is 18.1 Å². The van der Waals surface area contributed by atoms with E-state index in [4.69, 9.17) is 0 Å². The summed E-state index contributed by atoms with van der Waals surface area (Å²) >= 11 is 0. The summed E-state index contributed by atoms with van der Waals surface area (Å²) in [6.07, 6.45) is 2.56. The standard InChI is InChI=1S/C15H18N2O2/c1-2-11(18)7-9-17-15(19)13-8-10-16-14-6-4-3-5-12(13)14/h3-6,8,10-11,18H,2,7,9H2,1H3,(H,17,19). The highest BCUT2D eigenvalue weighted by atomic mass is 16.3. The van der Waals surface area contributed by atoms with Crippen LogP contribution in [0.25, 0.3) is 10.9 Å². The fourth-order valence-electron chi connectivity index (χ4n) is 1.95. The summed E-state index contributed by atoms with van der Waals surface area (Å²) in [7, 11) is 0. The second kappa shape index (κ2) is 6.29. The summed E-state index contributed by atoms with van der Waals surface area (Å²) < 4.78 is 0. The van der Waals surface area contributed by atoms with Crippen LogP contribution in [0.1, 0.15) is 30.1 Å². The maximum Gasteiger partial charge on any atom is 0.252 e. The predicted molar refractivity (Wildman–Crippen MR) is 75.0 cm³/mol. The number of amides is 1. The smallest absolute Gasteiger partial charge is 0.252 e. The zero-order valence-electron chi connectivity index (χ0n) is 11.0. The van der Waals surface area contributed by atoms with Crippen LogP contribution in [0, 0.1) is 0 Å². The van der Waals surface area contributed by atoms with Crippen molar-refractivity contribution in [2.24, 2.45) is 0 Å². The summed E-state index contributed by atoms with van der Waals surface area (Å²) in [4.78, 5) is 16.3. The lowest BCUT2D eigenvalue weighted by Crippen LogP contribution is -2.27. The van der Waals surface area contributed by atoms with E-state index in [1.165, 1.54) is 0 Å². The van der Waals surface area contributed by atoms with Gasteiger partial charge in [-0.05, 0) is 25.0 Å². The topological polar surface area (TPSA) is 62.2 Å². The highest BCUT2D eigenvalue weighted by Crippen LogP contribution is 2.15. The molecule has 1 heterocycles. The van der Waals surface area contributed by atoms with Gasteiger partial charge in [-0.3, -0.25) is 9.78 Å². The third kappa shape index (κ3) is 3.29. The number of hydrogen-bond acceptors (Lipinski definition) is 3. The summed E-state index contributed by atoms with van der Waals surface area (Å²) in [5.41, 5.74) is 1.43. The minimum atomic E-state index is -0.352. The number of nitrogens with one attached hydrogen (secondary N) is 1. The predicted octanol–water partition coefficient (Wildman–Crippen LogP) is 2.13. The van der Waals surface area contributed by atoms with E-state index in [0.717, 1.165) is 10.9 Å². The minimum absolute atomic E-state index is 0.123. The van der Waals surface area contributed by atoms with Crippen LogP contribution in [-0.2, 0) is 0 Å². The van der Waals surface area contributed by atoms with E-state index < -0.39 is 0 Å². The summed E-state index contributed by atoms with van der Waals surface area (Å²) in [5, 5.41) is 13.1. The zero-order valence-corrected chi connectivity index (χ0v) is 11.0. The van der Waals surface area contributed by atoms with E-state index in [-0.39, 0.29) is 12.0 Å². The largest absolute Gasteiger partial charge is 0.393 e. The van der Waals surface area contributed by atoms with Crippen LogP contribution >= 0.6 is 0 Å². The molecule has 4 heteroatoms. The number of nitrogens with zero attached hydrogens (tertiary/aromatic N) is 1. The van der Waals surface area contributed by atoms with Crippen molar-refractivity contribution < 1.29 is 9.90 Å². The van der Waals surface area contributed by atoms with Gasteiger partial charge < -0.3 is 10.4 Å². The molecule has 0 saturated heterocycles. The summed E-state index contributed by atoms with van der Waals surface area (Å²) in [5.74, 6) is -0.123. The molecule has 1 atom stereocenters. The molecule has 1 amide bonds. The Bertz CT molecular complexity index is 564. The van der Waals surface area contributed by atoms with E-state index in [0.29, 0.717) is 24.9 Å². The highest BCUT2D eigenvalue weighted by Gasteiger charge is 2.10. The molecule has 1 unspecified atom stereocenters.